The number of rotatable bonds is 10. The second kappa shape index (κ2) is 10.3. The molecule has 0 aliphatic heterocycles. The molecule has 1 N–H and O–H groups in total. The number of carboxylic acids is 1. The molecule has 0 unspecified atom stereocenters. The van der Waals surface area contributed by atoms with Crippen LogP contribution < -0.4 is 4.74 Å². The summed E-state index contributed by atoms with van der Waals surface area (Å²) >= 11 is 4.93. The Morgan fingerprint density at radius 1 is 1.14 bits per heavy atom. The smallest absolute Gasteiger partial charge is 0.323 e. The van der Waals surface area contributed by atoms with Gasteiger partial charge in [-0.2, -0.15) is 11.3 Å². The number of carbonyl (C=O) groups is 2. The number of nitrogens with zero attached hydrogens (tertiary/aromatic N) is 1. The molecule has 0 spiro atoms. The zero-order chi connectivity index (χ0) is 19.8. The highest BCUT2D eigenvalue weighted by Crippen LogP contribution is 2.23. The molecule has 5 nitrogen and oxygen atoms in total. The van der Waals surface area contributed by atoms with Crippen molar-refractivity contribution in [3.05, 3.63) is 69.7 Å². The summed E-state index contributed by atoms with van der Waals surface area (Å²) in [5, 5.41) is 15.0. The van der Waals surface area contributed by atoms with Crippen molar-refractivity contribution in [1.82, 2.24) is 4.90 Å². The van der Waals surface area contributed by atoms with Crippen molar-refractivity contribution in [3.8, 4) is 5.75 Å². The molecular formula is C20H19NO4S3. The Bertz CT molecular complexity index is 894. The monoisotopic (exact) mass is 433 g/mol. The lowest BCUT2D eigenvalue weighted by Crippen LogP contribution is -2.35. The second-order valence-corrected chi connectivity index (χ2v) is 8.97. The van der Waals surface area contributed by atoms with Crippen molar-refractivity contribution in [2.45, 2.75) is 10.8 Å². The number of benzene rings is 1. The van der Waals surface area contributed by atoms with E-state index in [2.05, 4.69) is 6.07 Å². The SMILES string of the molecule is O=C(O)CN(Cc1ccsc1)C(=O)c1cccc(OCCSc2cccs2)c1. The van der Waals surface area contributed by atoms with Crippen molar-refractivity contribution in [1.29, 1.82) is 0 Å². The maximum atomic E-state index is 12.9. The fourth-order valence-corrected chi connectivity index (χ4v) is 4.85. The van der Waals surface area contributed by atoms with Gasteiger partial charge in [0.25, 0.3) is 5.91 Å². The van der Waals surface area contributed by atoms with E-state index in [-0.39, 0.29) is 19.0 Å². The van der Waals surface area contributed by atoms with E-state index in [1.54, 1.807) is 47.4 Å². The summed E-state index contributed by atoms with van der Waals surface area (Å²) in [6.07, 6.45) is 0. The standard InChI is InChI=1S/C20H19NO4S3/c22-18(23)13-21(12-15-6-9-26-14-15)20(24)16-3-1-4-17(11-16)25-7-10-28-19-5-2-8-27-19/h1-6,8-9,11,14H,7,10,12-13H2,(H,22,23). The van der Waals surface area contributed by atoms with Crippen LogP contribution in [0.5, 0.6) is 5.75 Å². The van der Waals surface area contributed by atoms with Crippen LogP contribution in [-0.2, 0) is 11.3 Å². The summed E-state index contributed by atoms with van der Waals surface area (Å²) in [5.74, 6) is 0.0409. The van der Waals surface area contributed by atoms with Gasteiger partial charge in [-0.25, -0.2) is 0 Å². The van der Waals surface area contributed by atoms with Crippen molar-refractivity contribution < 1.29 is 19.4 Å². The second-order valence-electron chi connectivity index (χ2n) is 5.84. The molecule has 0 fully saturated rings. The molecule has 1 aromatic carbocycles. The maximum absolute atomic E-state index is 12.9. The first kappa shape index (κ1) is 20.4. The first-order valence-corrected chi connectivity index (χ1v) is 11.3. The van der Waals surface area contributed by atoms with Crippen LogP contribution in [-0.4, -0.2) is 40.8 Å². The zero-order valence-electron chi connectivity index (χ0n) is 14.9. The van der Waals surface area contributed by atoms with Crippen LogP contribution in [0.15, 0.2) is 62.8 Å². The molecule has 28 heavy (non-hydrogen) atoms. The summed E-state index contributed by atoms with van der Waals surface area (Å²) in [5.41, 5.74) is 1.33. The number of thiophene rings is 2. The Morgan fingerprint density at radius 2 is 2.04 bits per heavy atom. The van der Waals surface area contributed by atoms with Gasteiger partial charge in [0.05, 0.1) is 10.8 Å². The average Bonchev–Trinajstić information content (AvgIpc) is 3.38. The largest absolute Gasteiger partial charge is 0.493 e. The van der Waals surface area contributed by atoms with Gasteiger partial charge in [-0.05, 0) is 52.0 Å². The van der Waals surface area contributed by atoms with E-state index in [1.165, 1.54) is 20.4 Å². The van der Waals surface area contributed by atoms with Crippen LogP contribution in [0.4, 0.5) is 0 Å². The molecule has 0 atom stereocenters. The summed E-state index contributed by atoms with van der Waals surface area (Å²) < 4.78 is 7.00. The van der Waals surface area contributed by atoms with Crippen molar-refractivity contribution in [2.75, 3.05) is 18.9 Å². The van der Waals surface area contributed by atoms with E-state index in [4.69, 9.17) is 9.84 Å². The fraction of sp³-hybridized carbons (Fsp3) is 0.200. The normalized spacial score (nSPS) is 10.6. The van der Waals surface area contributed by atoms with E-state index in [0.717, 1.165) is 11.3 Å². The number of aliphatic carboxylic acids is 1. The molecule has 1 amide bonds. The lowest BCUT2D eigenvalue weighted by molar-refractivity contribution is -0.137. The quantitative estimate of drug-likeness (QED) is 0.371. The highest BCUT2D eigenvalue weighted by Gasteiger charge is 2.19. The first-order valence-electron chi connectivity index (χ1n) is 8.53. The zero-order valence-corrected chi connectivity index (χ0v) is 17.4. The third-order valence-electron chi connectivity index (χ3n) is 3.74. The van der Waals surface area contributed by atoms with E-state index < -0.39 is 5.97 Å². The fourth-order valence-electron chi connectivity index (χ4n) is 2.51. The Morgan fingerprint density at radius 3 is 2.75 bits per heavy atom. The van der Waals surface area contributed by atoms with Crippen LogP contribution >= 0.6 is 34.4 Å². The van der Waals surface area contributed by atoms with Gasteiger partial charge in [-0.1, -0.05) is 12.1 Å². The van der Waals surface area contributed by atoms with Gasteiger partial charge in [0, 0.05) is 17.9 Å². The number of ether oxygens (including phenoxy) is 1. The predicted octanol–water partition coefficient (Wildman–Crippen LogP) is 4.71. The number of carboxylic acid groups (broad SMARTS) is 1. The Labute approximate surface area is 175 Å². The van der Waals surface area contributed by atoms with Gasteiger partial charge in [-0.15, -0.1) is 23.1 Å². The molecular weight excluding hydrogens is 414 g/mol. The molecule has 3 rings (SSSR count). The topological polar surface area (TPSA) is 66.8 Å². The first-order chi connectivity index (χ1) is 13.6. The third-order valence-corrected chi connectivity index (χ3v) is 6.57. The van der Waals surface area contributed by atoms with Crippen molar-refractivity contribution in [3.63, 3.8) is 0 Å². The Kier molecular flexibility index (Phi) is 7.53. The van der Waals surface area contributed by atoms with Gasteiger partial charge in [0.2, 0.25) is 0 Å². The minimum atomic E-state index is -1.04. The van der Waals surface area contributed by atoms with Gasteiger partial charge < -0.3 is 14.7 Å². The van der Waals surface area contributed by atoms with Gasteiger partial charge in [-0.3, -0.25) is 9.59 Å². The Balaban J connectivity index is 1.61. The molecule has 0 bridgehead atoms. The van der Waals surface area contributed by atoms with Gasteiger partial charge >= 0.3 is 5.97 Å². The van der Waals surface area contributed by atoms with E-state index in [1.807, 2.05) is 28.3 Å². The molecule has 0 aliphatic carbocycles. The lowest BCUT2D eigenvalue weighted by Gasteiger charge is -2.20. The molecule has 2 heterocycles. The molecule has 0 saturated heterocycles. The number of carbonyl (C=O) groups excluding carboxylic acids is 1. The molecule has 2 aromatic heterocycles. The summed E-state index contributed by atoms with van der Waals surface area (Å²) in [7, 11) is 0. The molecule has 3 aromatic rings. The van der Waals surface area contributed by atoms with Crippen molar-refractivity contribution in [2.24, 2.45) is 0 Å². The lowest BCUT2D eigenvalue weighted by atomic mass is 10.1. The highest BCUT2D eigenvalue weighted by molar-refractivity contribution is 8.01. The molecule has 0 saturated carbocycles. The third kappa shape index (κ3) is 6.12. The minimum Gasteiger partial charge on any atom is -0.493 e. The molecule has 0 radical (unpaired) electrons. The van der Waals surface area contributed by atoms with Gasteiger partial charge in [0.15, 0.2) is 0 Å². The van der Waals surface area contributed by atoms with Crippen LogP contribution in [0, 0.1) is 0 Å². The van der Waals surface area contributed by atoms with Crippen LogP contribution in [0.3, 0.4) is 0 Å². The average molecular weight is 434 g/mol. The molecule has 0 aliphatic rings. The van der Waals surface area contributed by atoms with E-state index in [0.29, 0.717) is 17.9 Å². The molecule has 8 heteroatoms. The summed E-state index contributed by atoms with van der Waals surface area (Å²) in [6.45, 7) is 0.433. The Hall–Kier alpha value is -2.29. The summed E-state index contributed by atoms with van der Waals surface area (Å²) in [4.78, 5) is 25.4. The van der Waals surface area contributed by atoms with Crippen LogP contribution in [0.2, 0.25) is 0 Å². The minimum absolute atomic E-state index is 0.261. The highest BCUT2D eigenvalue weighted by atomic mass is 32.2. The van der Waals surface area contributed by atoms with Gasteiger partial charge in [0.1, 0.15) is 12.3 Å². The molecule has 146 valence electrons. The van der Waals surface area contributed by atoms with Crippen LogP contribution in [0.1, 0.15) is 15.9 Å². The van der Waals surface area contributed by atoms with E-state index >= 15 is 0 Å². The summed E-state index contributed by atoms with van der Waals surface area (Å²) in [6, 6.07) is 12.9. The number of hydrogen-bond acceptors (Lipinski definition) is 6. The maximum Gasteiger partial charge on any atom is 0.323 e. The number of hydrogen-bond donors (Lipinski definition) is 1. The van der Waals surface area contributed by atoms with Crippen molar-refractivity contribution >= 4 is 46.3 Å². The van der Waals surface area contributed by atoms with Crippen LogP contribution in [0.25, 0.3) is 0 Å². The van der Waals surface area contributed by atoms with E-state index in [9.17, 15) is 9.59 Å². The number of thioether (sulfide) groups is 1. The number of amides is 1. The predicted molar refractivity (Wildman–Crippen MR) is 114 cm³/mol.